The van der Waals surface area contributed by atoms with Gasteiger partial charge >= 0.3 is 5.97 Å². The van der Waals surface area contributed by atoms with Gasteiger partial charge in [-0.25, -0.2) is 13.2 Å². The van der Waals surface area contributed by atoms with E-state index in [4.69, 9.17) is 21.1 Å². The van der Waals surface area contributed by atoms with Gasteiger partial charge in [0, 0.05) is 0 Å². The van der Waals surface area contributed by atoms with Gasteiger partial charge in [-0.05, 0) is 55.0 Å². The number of nitrogens with one attached hydrogen (secondary N) is 1. The Balaban J connectivity index is 2.01. The predicted molar refractivity (Wildman–Crippen MR) is 130 cm³/mol. The van der Waals surface area contributed by atoms with Crippen LogP contribution < -0.4 is 14.4 Å². The molecule has 0 atom stereocenters. The average molecular weight is 503 g/mol. The number of aryl methyl sites for hydroxylation is 1. The summed E-state index contributed by atoms with van der Waals surface area (Å²) in [5.74, 6) is -0.999. The third-order valence-corrected chi connectivity index (χ3v) is 6.99. The number of ether oxygens (including phenoxy) is 2. The number of nitrogens with zero attached hydrogens (tertiary/aromatic N) is 1. The molecule has 0 spiro atoms. The zero-order chi connectivity index (χ0) is 24.9. The van der Waals surface area contributed by atoms with Crippen LogP contribution in [-0.2, 0) is 19.6 Å². The molecule has 0 unspecified atom stereocenters. The number of esters is 1. The first-order chi connectivity index (χ1) is 16.2. The molecular formula is C24H23ClN2O6S. The quantitative estimate of drug-likeness (QED) is 0.461. The van der Waals surface area contributed by atoms with E-state index in [-0.39, 0.29) is 32.6 Å². The van der Waals surface area contributed by atoms with Crippen LogP contribution in [0, 0.1) is 6.92 Å². The number of carbonyl (C=O) groups is 2. The second-order valence-corrected chi connectivity index (χ2v) is 9.50. The standard InChI is InChI=1S/C24H23ClN2O6S/c1-16-9-12-22(32-2)21(13-16)27(34(30,31)18-7-5-4-6-8-18)15-23(28)26-20-14-17(24(29)33-3)10-11-19(20)25/h4-14H,15H2,1-3H3,(H,26,28). The van der Waals surface area contributed by atoms with Crippen molar-refractivity contribution in [3.8, 4) is 5.75 Å². The largest absolute Gasteiger partial charge is 0.495 e. The van der Waals surface area contributed by atoms with E-state index >= 15 is 0 Å². The predicted octanol–water partition coefficient (Wildman–Crippen LogP) is 4.28. The molecule has 0 aliphatic rings. The molecule has 0 radical (unpaired) electrons. The number of carbonyl (C=O) groups excluding carboxylic acids is 2. The number of amides is 1. The van der Waals surface area contributed by atoms with Crippen LogP contribution in [0.4, 0.5) is 11.4 Å². The van der Waals surface area contributed by atoms with Gasteiger partial charge in [0.05, 0.1) is 41.1 Å². The average Bonchev–Trinajstić information content (AvgIpc) is 2.83. The molecule has 0 saturated carbocycles. The van der Waals surface area contributed by atoms with E-state index in [1.165, 1.54) is 44.6 Å². The maximum Gasteiger partial charge on any atom is 0.337 e. The van der Waals surface area contributed by atoms with Gasteiger partial charge in [-0.1, -0.05) is 35.9 Å². The van der Waals surface area contributed by atoms with E-state index in [1.807, 2.05) is 0 Å². The summed E-state index contributed by atoms with van der Waals surface area (Å²) in [5, 5.41) is 2.75. The van der Waals surface area contributed by atoms with E-state index in [9.17, 15) is 18.0 Å². The summed E-state index contributed by atoms with van der Waals surface area (Å²) in [6, 6.07) is 17.0. The van der Waals surface area contributed by atoms with Crippen LogP contribution in [0.2, 0.25) is 5.02 Å². The van der Waals surface area contributed by atoms with Crippen molar-refractivity contribution in [2.45, 2.75) is 11.8 Å². The fourth-order valence-corrected chi connectivity index (χ4v) is 4.81. The van der Waals surface area contributed by atoms with Gasteiger partial charge in [-0.2, -0.15) is 0 Å². The monoisotopic (exact) mass is 502 g/mol. The normalized spacial score (nSPS) is 10.9. The Hall–Kier alpha value is -3.56. The van der Waals surface area contributed by atoms with Crippen molar-refractivity contribution in [1.82, 2.24) is 0 Å². The number of sulfonamides is 1. The zero-order valence-electron chi connectivity index (χ0n) is 18.7. The van der Waals surface area contributed by atoms with E-state index in [2.05, 4.69) is 5.32 Å². The third-order valence-electron chi connectivity index (χ3n) is 4.88. The van der Waals surface area contributed by atoms with Crippen molar-refractivity contribution in [1.29, 1.82) is 0 Å². The minimum absolute atomic E-state index is 0.0112. The zero-order valence-corrected chi connectivity index (χ0v) is 20.3. The van der Waals surface area contributed by atoms with Crippen molar-refractivity contribution in [2.75, 3.05) is 30.4 Å². The van der Waals surface area contributed by atoms with E-state index in [0.717, 1.165) is 9.87 Å². The smallest absolute Gasteiger partial charge is 0.337 e. The van der Waals surface area contributed by atoms with Crippen molar-refractivity contribution in [3.05, 3.63) is 82.9 Å². The molecule has 178 valence electrons. The van der Waals surface area contributed by atoms with Gasteiger partial charge in [0.15, 0.2) is 0 Å². The fraction of sp³-hybridized carbons (Fsp3) is 0.167. The number of benzene rings is 3. The van der Waals surface area contributed by atoms with Crippen molar-refractivity contribution in [2.24, 2.45) is 0 Å². The van der Waals surface area contributed by atoms with Crippen LogP contribution in [0.25, 0.3) is 0 Å². The summed E-state index contributed by atoms with van der Waals surface area (Å²) >= 11 is 6.18. The fourth-order valence-electron chi connectivity index (χ4n) is 3.20. The van der Waals surface area contributed by atoms with Crippen LogP contribution in [0.5, 0.6) is 5.75 Å². The molecule has 0 aliphatic heterocycles. The molecule has 0 bridgehead atoms. The molecule has 0 heterocycles. The molecule has 0 aliphatic carbocycles. The Morgan fingerprint density at radius 3 is 2.35 bits per heavy atom. The van der Waals surface area contributed by atoms with E-state index in [0.29, 0.717) is 0 Å². The number of methoxy groups -OCH3 is 2. The van der Waals surface area contributed by atoms with Gasteiger partial charge in [-0.15, -0.1) is 0 Å². The highest BCUT2D eigenvalue weighted by atomic mass is 35.5. The van der Waals surface area contributed by atoms with Crippen LogP contribution in [0.1, 0.15) is 15.9 Å². The first-order valence-electron chi connectivity index (χ1n) is 10.1. The van der Waals surface area contributed by atoms with E-state index in [1.54, 1.807) is 43.3 Å². The Morgan fingerprint density at radius 1 is 1.00 bits per heavy atom. The first kappa shape index (κ1) is 25.1. The Kier molecular flexibility index (Phi) is 7.80. The highest BCUT2D eigenvalue weighted by Crippen LogP contribution is 2.33. The molecule has 3 rings (SSSR count). The summed E-state index contributed by atoms with van der Waals surface area (Å²) in [7, 11) is -1.49. The van der Waals surface area contributed by atoms with Crippen molar-refractivity contribution < 1.29 is 27.5 Å². The highest BCUT2D eigenvalue weighted by Gasteiger charge is 2.29. The number of halogens is 1. The van der Waals surface area contributed by atoms with E-state index < -0.39 is 28.4 Å². The van der Waals surface area contributed by atoms with Gasteiger partial charge in [-0.3, -0.25) is 9.10 Å². The topological polar surface area (TPSA) is 102 Å². The maximum absolute atomic E-state index is 13.6. The SMILES string of the molecule is COC(=O)c1ccc(Cl)c(NC(=O)CN(c2cc(C)ccc2OC)S(=O)(=O)c2ccccc2)c1. The number of hydrogen-bond acceptors (Lipinski definition) is 6. The van der Waals surface area contributed by atoms with Gasteiger partial charge in [0.2, 0.25) is 5.91 Å². The summed E-state index contributed by atoms with van der Waals surface area (Å²) in [5.41, 5.74) is 1.30. The number of hydrogen-bond donors (Lipinski definition) is 1. The Labute approximate surface area is 203 Å². The Bertz CT molecular complexity index is 1310. The van der Waals surface area contributed by atoms with Gasteiger partial charge in [0.25, 0.3) is 10.0 Å². The molecule has 0 saturated heterocycles. The molecule has 10 heteroatoms. The lowest BCUT2D eigenvalue weighted by Crippen LogP contribution is -2.38. The lowest BCUT2D eigenvalue weighted by atomic mass is 10.2. The molecule has 34 heavy (non-hydrogen) atoms. The minimum Gasteiger partial charge on any atom is -0.495 e. The van der Waals surface area contributed by atoms with Crippen LogP contribution in [0.15, 0.2) is 71.6 Å². The molecule has 3 aromatic rings. The van der Waals surface area contributed by atoms with Crippen molar-refractivity contribution in [3.63, 3.8) is 0 Å². The number of rotatable bonds is 8. The van der Waals surface area contributed by atoms with Crippen LogP contribution >= 0.6 is 11.6 Å². The summed E-state index contributed by atoms with van der Waals surface area (Å²) < 4.78 is 38.1. The summed E-state index contributed by atoms with van der Waals surface area (Å²) in [6.07, 6.45) is 0. The lowest BCUT2D eigenvalue weighted by molar-refractivity contribution is -0.114. The number of anilines is 2. The molecule has 3 aromatic carbocycles. The first-order valence-corrected chi connectivity index (χ1v) is 11.9. The minimum atomic E-state index is -4.14. The second-order valence-electron chi connectivity index (χ2n) is 7.23. The second kappa shape index (κ2) is 10.6. The summed E-state index contributed by atoms with van der Waals surface area (Å²) in [4.78, 5) is 24.9. The van der Waals surface area contributed by atoms with Gasteiger partial charge in [0.1, 0.15) is 12.3 Å². The molecule has 1 amide bonds. The lowest BCUT2D eigenvalue weighted by Gasteiger charge is -2.26. The third kappa shape index (κ3) is 5.49. The van der Waals surface area contributed by atoms with Crippen LogP contribution in [0.3, 0.4) is 0 Å². The Morgan fingerprint density at radius 2 is 1.71 bits per heavy atom. The molecule has 8 nitrogen and oxygen atoms in total. The molecule has 0 fully saturated rings. The van der Waals surface area contributed by atoms with Crippen LogP contribution in [-0.4, -0.2) is 41.1 Å². The molecular weight excluding hydrogens is 480 g/mol. The highest BCUT2D eigenvalue weighted by molar-refractivity contribution is 7.92. The molecule has 0 aromatic heterocycles. The summed E-state index contributed by atoms with van der Waals surface area (Å²) in [6.45, 7) is 1.23. The van der Waals surface area contributed by atoms with Gasteiger partial charge < -0.3 is 14.8 Å². The van der Waals surface area contributed by atoms with Crippen molar-refractivity contribution >= 4 is 44.9 Å². The molecule has 1 N–H and O–H groups in total. The maximum atomic E-state index is 13.6.